The van der Waals surface area contributed by atoms with Gasteiger partial charge in [0, 0.05) is 18.6 Å². The highest BCUT2D eigenvalue weighted by molar-refractivity contribution is 7.87. The molecule has 3 aromatic carbocycles. The topological polar surface area (TPSA) is 91.4 Å². The number of anilines is 1. The second-order valence-electron chi connectivity index (χ2n) is 7.68. The number of carbonyl (C=O) groups excluding carboxylic acids is 1. The number of hydrogen-bond acceptors (Lipinski definition) is 7. The van der Waals surface area contributed by atoms with Crippen LogP contribution in [0.2, 0.25) is 0 Å². The molecule has 0 aliphatic heterocycles. The molecule has 3 aromatic rings. The summed E-state index contributed by atoms with van der Waals surface area (Å²) in [5, 5.41) is 0. The lowest BCUT2D eigenvalue weighted by molar-refractivity contribution is -0.116. The predicted molar refractivity (Wildman–Crippen MR) is 129 cm³/mol. The van der Waals surface area contributed by atoms with Gasteiger partial charge in [-0.1, -0.05) is 18.2 Å². The van der Waals surface area contributed by atoms with Crippen LogP contribution in [0, 0.1) is 5.82 Å². The lowest BCUT2D eigenvalue weighted by Crippen LogP contribution is -2.29. The quantitative estimate of drug-likeness (QED) is 0.135. The van der Waals surface area contributed by atoms with Gasteiger partial charge in [0.05, 0.1) is 19.3 Å². The van der Waals surface area contributed by atoms with E-state index in [2.05, 4.69) is 4.18 Å². The molecular weight excluding hydrogens is 534 g/mol. The van der Waals surface area contributed by atoms with Crippen LogP contribution in [-0.2, 0) is 25.6 Å². The fourth-order valence-corrected chi connectivity index (χ4v) is 3.67. The summed E-state index contributed by atoms with van der Waals surface area (Å²) in [6, 6.07) is 16.7. The number of amides is 1. The van der Waals surface area contributed by atoms with Crippen molar-refractivity contribution in [2.24, 2.45) is 0 Å². The fourth-order valence-electron chi connectivity index (χ4n) is 3.25. The molecule has 0 unspecified atom stereocenters. The number of halogens is 4. The first-order valence-electron chi connectivity index (χ1n) is 11.0. The Morgan fingerprint density at radius 1 is 0.921 bits per heavy atom. The lowest BCUT2D eigenvalue weighted by Gasteiger charge is -2.25. The minimum atomic E-state index is -5.78. The fraction of sp³-hybridized carbons (Fsp3) is 0.240. The summed E-state index contributed by atoms with van der Waals surface area (Å²) in [5.74, 6) is -0.00980. The van der Waals surface area contributed by atoms with Gasteiger partial charge in [-0.3, -0.25) is 8.98 Å². The molecule has 8 nitrogen and oxygen atoms in total. The predicted octanol–water partition coefficient (Wildman–Crippen LogP) is 5.42. The lowest BCUT2D eigenvalue weighted by atomic mass is 10.1. The first-order valence-corrected chi connectivity index (χ1v) is 12.4. The van der Waals surface area contributed by atoms with Gasteiger partial charge >= 0.3 is 15.6 Å². The SMILES string of the molecule is COc1ccc(OCCOS(=O)(=O)C(F)(F)F)c(CN(C(C)=O)c2cc(F)ccc2Oc2ccccc2)c1. The van der Waals surface area contributed by atoms with Crippen molar-refractivity contribution in [3.63, 3.8) is 0 Å². The zero-order valence-electron chi connectivity index (χ0n) is 20.2. The van der Waals surface area contributed by atoms with E-state index in [0.717, 1.165) is 6.07 Å². The molecule has 0 aliphatic rings. The minimum absolute atomic E-state index is 0.104. The van der Waals surface area contributed by atoms with Crippen molar-refractivity contribution in [1.29, 1.82) is 0 Å². The van der Waals surface area contributed by atoms with E-state index in [9.17, 15) is 30.8 Å². The number of alkyl halides is 3. The number of carbonyl (C=O) groups is 1. The molecule has 0 saturated carbocycles. The maximum absolute atomic E-state index is 14.3. The van der Waals surface area contributed by atoms with Crippen LogP contribution in [0.15, 0.2) is 66.7 Å². The van der Waals surface area contributed by atoms with Crippen molar-refractivity contribution in [1.82, 2.24) is 0 Å². The van der Waals surface area contributed by atoms with Gasteiger partial charge in [-0.05, 0) is 42.5 Å². The van der Waals surface area contributed by atoms with Gasteiger partial charge in [0.1, 0.15) is 36.3 Å². The largest absolute Gasteiger partial charge is 0.523 e. The van der Waals surface area contributed by atoms with Crippen LogP contribution in [0.25, 0.3) is 0 Å². The van der Waals surface area contributed by atoms with Crippen molar-refractivity contribution in [2.45, 2.75) is 19.0 Å². The summed E-state index contributed by atoms with van der Waals surface area (Å²) >= 11 is 0. The zero-order valence-corrected chi connectivity index (χ0v) is 21.0. The van der Waals surface area contributed by atoms with Crippen molar-refractivity contribution in [2.75, 3.05) is 25.2 Å². The van der Waals surface area contributed by atoms with E-state index in [0.29, 0.717) is 17.1 Å². The van der Waals surface area contributed by atoms with Gasteiger partial charge in [-0.25, -0.2) is 4.39 Å². The Hall–Kier alpha value is -3.84. The average molecular weight is 558 g/mol. The third-order valence-corrected chi connectivity index (χ3v) is 6.07. The van der Waals surface area contributed by atoms with E-state index >= 15 is 0 Å². The van der Waals surface area contributed by atoms with Crippen LogP contribution in [0.3, 0.4) is 0 Å². The number of para-hydroxylation sites is 1. The standard InChI is InChI=1S/C25H23F4NO7S/c1-17(31)30(22-15-19(26)8-10-24(22)37-20-6-4-3-5-7-20)16-18-14-21(34-2)9-11-23(18)35-12-13-36-38(32,33)25(27,28)29/h3-11,14-15H,12-13,16H2,1-2H3. The molecule has 204 valence electrons. The summed E-state index contributed by atoms with van der Waals surface area (Å²) < 4.78 is 94.3. The van der Waals surface area contributed by atoms with Gasteiger partial charge in [0.2, 0.25) is 5.91 Å². The smallest absolute Gasteiger partial charge is 0.497 e. The van der Waals surface area contributed by atoms with E-state index in [-0.39, 0.29) is 23.7 Å². The number of benzene rings is 3. The van der Waals surface area contributed by atoms with Gasteiger partial charge in [-0.2, -0.15) is 21.6 Å². The molecule has 0 radical (unpaired) electrons. The second-order valence-corrected chi connectivity index (χ2v) is 9.28. The van der Waals surface area contributed by atoms with Crippen LogP contribution in [0.1, 0.15) is 12.5 Å². The number of nitrogens with zero attached hydrogens (tertiary/aromatic N) is 1. The number of rotatable bonds is 11. The van der Waals surface area contributed by atoms with Crippen LogP contribution >= 0.6 is 0 Å². The first kappa shape index (κ1) is 28.7. The average Bonchev–Trinajstić information content (AvgIpc) is 2.86. The van der Waals surface area contributed by atoms with E-state index in [1.807, 2.05) is 0 Å². The van der Waals surface area contributed by atoms with Crippen LogP contribution < -0.4 is 19.1 Å². The molecule has 38 heavy (non-hydrogen) atoms. The summed E-state index contributed by atoms with van der Waals surface area (Å²) in [6.45, 7) is -0.397. The van der Waals surface area contributed by atoms with Crippen LogP contribution in [-0.4, -0.2) is 40.2 Å². The minimum Gasteiger partial charge on any atom is -0.497 e. The molecule has 1 amide bonds. The molecule has 13 heteroatoms. The van der Waals surface area contributed by atoms with Gasteiger partial charge in [0.15, 0.2) is 5.75 Å². The molecular formula is C25H23F4NO7S. The van der Waals surface area contributed by atoms with Crippen molar-refractivity contribution >= 4 is 21.7 Å². The summed E-state index contributed by atoms with van der Waals surface area (Å²) in [6.07, 6.45) is 0. The van der Waals surface area contributed by atoms with Crippen molar-refractivity contribution in [3.8, 4) is 23.0 Å². The third-order valence-electron chi connectivity index (χ3n) is 5.02. The maximum atomic E-state index is 14.3. The summed E-state index contributed by atoms with van der Waals surface area (Å²) in [7, 11) is -4.38. The highest BCUT2D eigenvalue weighted by atomic mass is 32.2. The van der Waals surface area contributed by atoms with Gasteiger partial charge in [0.25, 0.3) is 0 Å². The Morgan fingerprint density at radius 3 is 2.24 bits per heavy atom. The highest BCUT2D eigenvalue weighted by Crippen LogP contribution is 2.36. The van der Waals surface area contributed by atoms with E-state index < -0.39 is 40.6 Å². The normalized spacial score (nSPS) is 11.6. The number of ether oxygens (including phenoxy) is 3. The highest BCUT2D eigenvalue weighted by Gasteiger charge is 2.47. The Kier molecular flexibility index (Phi) is 9.17. The molecule has 0 saturated heterocycles. The molecule has 0 bridgehead atoms. The summed E-state index contributed by atoms with van der Waals surface area (Å²) in [4.78, 5) is 13.9. The molecule has 3 rings (SSSR count). The monoisotopic (exact) mass is 557 g/mol. The second kappa shape index (κ2) is 12.1. The van der Waals surface area contributed by atoms with E-state index in [1.54, 1.807) is 30.3 Å². The molecule has 0 N–H and O–H groups in total. The number of methoxy groups -OCH3 is 1. The van der Waals surface area contributed by atoms with Crippen molar-refractivity contribution in [3.05, 3.63) is 78.1 Å². The number of hydrogen-bond donors (Lipinski definition) is 0. The molecule has 0 fully saturated rings. The molecule has 0 atom stereocenters. The Labute approximate surface area is 216 Å². The van der Waals surface area contributed by atoms with Crippen LogP contribution in [0.5, 0.6) is 23.0 Å². The Bertz CT molecular complexity index is 1370. The van der Waals surface area contributed by atoms with E-state index in [4.69, 9.17) is 14.2 Å². The van der Waals surface area contributed by atoms with E-state index in [1.165, 1.54) is 49.3 Å². The molecule has 0 aliphatic carbocycles. The maximum Gasteiger partial charge on any atom is 0.523 e. The van der Waals surface area contributed by atoms with Gasteiger partial charge in [-0.15, -0.1) is 0 Å². The summed E-state index contributed by atoms with van der Waals surface area (Å²) in [5.41, 5.74) is -5.13. The van der Waals surface area contributed by atoms with Gasteiger partial charge < -0.3 is 19.1 Å². The van der Waals surface area contributed by atoms with Crippen molar-refractivity contribution < 1.29 is 49.2 Å². The third kappa shape index (κ3) is 7.35. The Balaban J connectivity index is 1.88. The molecule has 0 heterocycles. The molecule has 0 spiro atoms. The zero-order chi connectivity index (χ0) is 27.9. The molecule has 0 aromatic heterocycles. The first-order chi connectivity index (χ1) is 17.9. The Morgan fingerprint density at radius 2 is 1.61 bits per heavy atom. The van der Waals surface area contributed by atoms with Crippen LogP contribution in [0.4, 0.5) is 23.2 Å².